The summed E-state index contributed by atoms with van der Waals surface area (Å²) in [5.74, 6) is -1.86. The van der Waals surface area contributed by atoms with Gasteiger partial charge in [-0.05, 0) is 37.7 Å². The minimum atomic E-state index is -1.18. The molecule has 0 atom stereocenters. The van der Waals surface area contributed by atoms with Crippen molar-refractivity contribution in [3.63, 3.8) is 0 Å². The van der Waals surface area contributed by atoms with Gasteiger partial charge >= 0.3 is 12.0 Å². The Morgan fingerprint density at radius 1 is 1.30 bits per heavy atom. The predicted molar refractivity (Wildman–Crippen MR) is 73.5 cm³/mol. The van der Waals surface area contributed by atoms with E-state index in [0.29, 0.717) is 6.54 Å². The number of aromatic carboxylic acids is 1. The number of anilines is 1. The zero-order chi connectivity index (χ0) is 15.0. The van der Waals surface area contributed by atoms with Gasteiger partial charge in [0.2, 0.25) is 0 Å². The summed E-state index contributed by atoms with van der Waals surface area (Å²) in [5.41, 5.74) is -0.247. The van der Waals surface area contributed by atoms with Gasteiger partial charge in [-0.1, -0.05) is 6.92 Å². The molecule has 7 heteroatoms. The Morgan fingerprint density at radius 2 is 2.05 bits per heavy atom. The summed E-state index contributed by atoms with van der Waals surface area (Å²) in [6.07, 6.45) is 0.749. The fourth-order valence-corrected chi connectivity index (χ4v) is 1.51. The molecule has 0 spiro atoms. The molecule has 1 rings (SSSR count). The Morgan fingerprint density at radius 3 is 2.70 bits per heavy atom. The highest BCUT2D eigenvalue weighted by atomic mass is 19.1. The van der Waals surface area contributed by atoms with Gasteiger partial charge in [-0.2, -0.15) is 0 Å². The highest BCUT2D eigenvalue weighted by molar-refractivity contribution is 5.93. The summed E-state index contributed by atoms with van der Waals surface area (Å²) in [4.78, 5) is 22.3. The molecule has 0 bridgehead atoms. The molecule has 0 heterocycles. The molecule has 2 amide bonds. The highest BCUT2D eigenvalue weighted by Gasteiger charge is 2.10. The lowest BCUT2D eigenvalue weighted by Gasteiger charge is -2.09. The molecule has 1 aromatic rings. The molecule has 0 aliphatic heterocycles. The fourth-order valence-electron chi connectivity index (χ4n) is 1.51. The molecule has 0 saturated carbocycles. The Kier molecular flexibility index (Phi) is 6.45. The van der Waals surface area contributed by atoms with Crippen LogP contribution in [-0.2, 0) is 0 Å². The lowest BCUT2D eigenvalue weighted by Crippen LogP contribution is -2.31. The molecular formula is C13H18FN3O3. The van der Waals surface area contributed by atoms with E-state index in [1.54, 1.807) is 0 Å². The molecule has 0 saturated heterocycles. The summed E-state index contributed by atoms with van der Waals surface area (Å²) in [7, 11) is 0. The van der Waals surface area contributed by atoms with Crippen LogP contribution in [0.15, 0.2) is 18.2 Å². The number of carboxylic acid groups (broad SMARTS) is 1. The summed E-state index contributed by atoms with van der Waals surface area (Å²) in [6, 6.07) is 2.65. The quantitative estimate of drug-likeness (QED) is 0.573. The number of hydrogen-bond acceptors (Lipinski definition) is 3. The number of carbonyl (C=O) groups is 2. The first-order valence-electron chi connectivity index (χ1n) is 6.33. The van der Waals surface area contributed by atoms with E-state index in [1.807, 2.05) is 6.92 Å². The van der Waals surface area contributed by atoms with Gasteiger partial charge < -0.3 is 21.1 Å². The molecule has 110 valence electrons. The van der Waals surface area contributed by atoms with Crippen molar-refractivity contribution in [1.29, 1.82) is 0 Å². The van der Waals surface area contributed by atoms with Crippen molar-refractivity contribution >= 4 is 17.7 Å². The van der Waals surface area contributed by atoms with Crippen LogP contribution in [0.25, 0.3) is 0 Å². The van der Waals surface area contributed by atoms with Crippen molar-refractivity contribution in [2.75, 3.05) is 25.0 Å². The van der Waals surface area contributed by atoms with Crippen molar-refractivity contribution < 1.29 is 19.1 Å². The van der Waals surface area contributed by atoms with Crippen LogP contribution in [0.2, 0.25) is 0 Å². The second-order valence-corrected chi connectivity index (χ2v) is 4.09. The van der Waals surface area contributed by atoms with Crippen LogP contribution >= 0.6 is 0 Å². The van der Waals surface area contributed by atoms with Crippen LogP contribution < -0.4 is 16.0 Å². The van der Waals surface area contributed by atoms with E-state index in [-0.39, 0.29) is 11.3 Å². The van der Waals surface area contributed by atoms with Gasteiger partial charge in [0.15, 0.2) is 0 Å². The van der Waals surface area contributed by atoms with Gasteiger partial charge in [-0.3, -0.25) is 0 Å². The van der Waals surface area contributed by atoms with Gasteiger partial charge in [0, 0.05) is 6.54 Å². The minimum absolute atomic E-state index is 0.0890. The van der Waals surface area contributed by atoms with Gasteiger partial charge in [-0.15, -0.1) is 0 Å². The lowest BCUT2D eigenvalue weighted by atomic mass is 10.2. The monoisotopic (exact) mass is 283 g/mol. The topological polar surface area (TPSA) is 90.5 Å². The molecule has 0 radical (unpaired) electrons. The Hall–Kier alpha value is -2.15. The normalized spacial score (nSPS) is 10.1. The number of nitrogens with one attached hydrogen (secondary N) is 3. The molecule has 0 aliphatic rings. The fraction of sp³-hybridized carbons (Fsp3) is 0.385. The third kappa shape index (κ3) is 5.23. The van der Waals surface area contributed by atoms with E-state index in [0.717, 1.165) is 37.7 Å². The SMILES string of the molecule is CCNCCCNC(=O)Nc1cc(C(=O)O)ccc1F. The molecular weight excluding hydrogens is 265 g/mol. The van der Waals surface area contributed by atoms with Crippen molar-refractivity contribution in [2.24, 2.45) is 0 Å². The number of amides is 2. The van der Waals surface area contributed by atoms with Crippen LogP contribution in [0.3, 0.4) is 0 Å². The summed E-state index contributed by atoms with van der Waals surface area (Å²) >= 11 is 0. The Balaban J connectivity index is 2.49. The first kappa shape index (κ1) is 15.9. The number of halogens is 1. The van der Waals surface area contributed by atoms with Gasteiger partial charge in [0.25, 0.3) is 0 Å². The Labute approximate surface area is 116 Å². The van der Waals surface area contributed by atoms with E-state index < -0.39 is 17.8 Å². The Bertz CT molecular complexity index is 480. The number of hydrogen-bond donors (Lipinski definition) is 4. The number of carbonyl (C=O) groups excluding carboxylic acids is 1. The second kappa shape index (κ2) is 8.11. The van der Waals surface area contributed by atoms with Crippen LogP contribution in [0.5, 0.6) is 0 Å². The number of urea groups is 1. The van der Waals surface area contributed by atoms with E-state index in [2.05, 4.69) is 16.0 Å². The highest BCUT2D eigenvalue weighted by Crippen LogP contribution is 2.16. The summed E-state index contributed by atoms with van der Waals surface area (Å²) in [6.45, 7) is 4.07. The number of benzene rings is 1. The largest absolute Gasteiger partial charge is 0.478 e. The molecule has 1 aromatic carbocycles. The van der Waals surface area contributed by atoms with Gasteiger partial charge in [-0.25, -0.2) is 14.0 Å². The third-order valence-electron chi connectivity index (χ3n) is 2.53. The predicted octanol–water partition coefficient (Wildman–Crippen LogP) is 1.64. The van der Waals surface area contributed by atoms with Crippen molar-refractivity contribution in [3.8, 4) is 0 Å². The van der Waals surface area contributed by atoms with Crippen LogP contribution in [-0.4, -0.2) is 36.7 Å². The molecule has 6 nitrogen and oxygen atoms in total. The van der Waals surface area contributed by atoms with Gasteiger partial charge in [0.1, 0.15) is 5.82 Å². The number of rotatable bonds is 7. The maximum atomic E-state index is 13.4. The zero-order valence-electron chi connectivity index (χ0n) is 11.2. The maximum absolute atomic E-state index is 13.4. The average molecular weight is 283 g/mol. The van der Waals surface area contributed by atoms with Crippen LogP contribution in [0.1, 0.15) is 23.7 Å². The van der Waals surface area contributed by atoms with Crippen LogP contribution in [0, 0.1) is 5.82 Å². The van der Waals surface area contributed by atoms with Crippen molar-refractivity contribution in [1.82, 2.24) is 10.6 Å². The van der Waals surface area contributed by atoms with Crippen molar-refractivity contribution in [2.45, 2.75) is 13.3 Å². The second-order valence-electron chi connectivity index (χ2n) is 4.09. The molecule has 0 fully saturated rings. The average Bonchev–Trinajstić information content (AvgIpc) is 2.40. The summed E-state index contributed by atoms with van der Waals surface area (Å²) < 4.78 is 13.4. The smallest absolute Gasteiger partial charge is 0.335 e. The van der Waals surface area contributed by atoms with Crippen LogP contribution in [0.4, 0.5) is 14.9 Å². The first-order valence-corrected chi connectivity index (χ1v) is 6.33. The van der Waals surface area contributed by atoms with Gasteiger partial charge in [0.05, 0.1) is 11.3 Å². The van der Waals surface area contributed by atoms with E-state index in [4.69, 9.17) is 5.11 Å². The molecule has 4 N–H and O–H groups in total. The lowest BCUT2D eigenvalue weighted by molar-refractivity contribution is 0.0697. The van der Waals surface area contributed by atoms with Crippen molar-refractivity contribution in [3.05, 3.63) is 29.6 Å². The minimum Gasteiger partial charge on any atom is -0.478 e. The summed E-state index contributed by atoms with van der Waals surface area (Å²) in [5, 5.41) is 16.8. The standard InChI is InChI=1S/C13H18FN3O3/c1-2-15-6-3-7-16-13(20)17-11-8-9(12(18)19)4-5-10(11)14/h4-5,8,15H,2-3,6-7H2,1H3,(H,18,19)(H2,16,17,20). The molecule has 0 unspecified atom stereocenters. The maximum Gasteiger partial charge on any atom is 0.335 e. The third-order valence-corrected chi connectivity index (χ3v) is 2.53. The molecule has 0 aliphatic carbocycles. The zero-order valence-corrected chi connectivity index (χ0v) is 11.2. The van der Waals surface area contributed by atoms with E-state index in [9.17, 15) is 14.0 Å². The van der Waals surface area contributed by atoms with E-state index >= 15 is 0 Å². The molecule has 20 heavy (non-hydrogen) atoms. The first-order chi connectivity index (χ1) is 9.54. The molecule has 0 aromatic heterocycles. The van der Waals surface area contributed by atoms with E-state index in [1.165, 1.54) is 0 Å². The number of carboxylic acids is 1.